The summed E-state index contributed by atoms with van der Waals surface area (Å²) in [5.74, 6) is -0.0870. The van der Waals surface area contributed by atoms with Crippen molar-refractivity contribution >= 4 is 23.4 Å². The number of carbonyl (C=O) groups excluding carboxylic acids is 2. The summed E-state index contributed by atoms with van der Waals surface area (Å²) in [7, 11) is 1.84. The second kappa shape index (κ2) is 7.61. The number of quaternary nitrogens is 1. The zero-order valence-corrected chi connectivity index (χ0v) is 13.7. The van der Waals surface area contributed by atoms with Crippen molar-refractivity contribution in [3.63, 3.8) is 0 Å². The molecular formula is C16H23ClN3O2+. The zero-order valence-electron chi connectivity index (χ0n) is 13.0. The molecule has 1 fully saturated rings. The number of benzene rings is 1. The Balaban J connectivity index is 1.76. The topological polar surface area (TPSA) is 62.6 Å². The number of amides is 2. The summed E-state index contributed by atoms with van der Waals surface area (Å²) in [6.07, 6.45) is 2.14. The third-order valence-corrected chi connectivity index (χ3v) is 3.96. The van der Waals surface area contributed by atoms with Crippen LogP contribution < -0.4 is 15.5 Å². The van der Waals surface area contributed by atoms with E-state index >= 15 is 0 Å². The number of likely N-dealkylation sites (N-methyl/N-ethyl adjacent to an activating group) is 1. The number of rotatable bonds is 7. The normalized spacial score (nSPS) is 16.7. The van der Waals surface area contributed by atoms with Crippen molar-refractivity contribution in [2.45, 2.75) is 31.8 Å². The average molecular weight is 325 g/mol. The van der Waals surface area contributed by atoms with Crippen LogP contribution in [0.5, 0.6) is 0 Å². The minimum Gasteiger partial charge on any atom is -0.348 e. The molecule has 1 unspecified atom stereocenters. The van der Waals surface area contributed by atoms with E-state index in [1.54, 1.807) is 6.07 Å². The van der Waals surface area contributed by atoms with Crippen molar-refractivity contribution in [3.8, 4) is 0 Å². The predicted octanol–water partition coefficient (Wildman–Crippen LogP) is 0.311. The fourth-order valence-electron chi connectivity index (χ4n) is 2.31. The highest BCUT2D eigenvalue weighted by Crippen LogP contribution is 2.21. The van der Waals surface area contributed by atoms with Crippen LogP contribution in [0.1, 0.15) is 31.4 Å². The standard InChI is InChI=1S/C16H22ClN3O2/c1-11(13-5-3-4-6-14(13)17)18-15(21)9-20(2)10-16(22)19-12-7-8-12/h3-6,11-12H,7-10H2,1-2H3,(H,18,21)(H,19,22)/p+1/t11-/m0/s1. The molecule has 22 heavy (non-hydrogen) atoms. The molecule has 0 aliphatic heterocycles. The molecule has 1 saturated carbocycles. The minimum atomic E-state index is -0.158. The smallest absolute Gasteiger partial charge is 0.275 e. The molecule has 0 heterocycles. The van der Waals surface area contributed by atoms with Gasteiger partial charge in [-0.15, -0.1) is 0 Å². The Bertz CT molecular complexity index is 546. The highest BCUT2D eigenvalue weighted by Gasteiger charge is 2.25. The lowest BCUT2D eigenvalue weighted by Crippen LogP contribution is -3.11. The zero-order chi connectivity index (χ0) is 16.1. The molecule has 0 spiro atoms. The number of nitrogens with one attached hydrogen (secondary N) is 3. The third-order valence-electron chi connectivity index (χ3n) is 3.62. The van der Waals surface area contributed by atoms with Crippen LogP contribution in [0, 0.1) is 0 Å². The van der Waals surface area contributed by atoms with Gasteiger partial charge in [-0.3, -0.25) is 9.59 Å². The van der Waals surface area contributed by atoms with E-state index in [4.69, 9.17) is 11.6 Å². The van der Waals surface area contributed by atoms with Gasteiger partial charge in [0.15, 0.2) is 13.1 Å². The molecule has 2 rings (SSSR count). The first-order valence-electron chi connectivity index (χ1n) is 7.60. The van der Waals surface area contributed by atoms with Crippen molar-refractivity contribution in [2.24, 2.45) is 0 Å². The van der Waals surface area contributed by atoms with Crippen molar-refractivity contribution in [3.05, 3.63) is 34.9 Å². The molecule has 2 amide bonds. The van der Waals surface area contributed by atoms with Crippen LogP contribution in [0.2, 0.25) is 5.02 Å². The Morgan fingerprint density at radius 2 is 1.91 bits per heavy atom. The molecule has 5 nitrogen and oxygen atoms in total. The van der Waals surface area contributed by atoms with Gasteiger partial charge < -0.3 is 15.5 Å². The molecule has 6 heteroatoms. The monoisotopic (exact) mass is 324 g/mol. The SMILES string of the molecule is C[C@H](NC(=O)C[NH+](C)CC(=O)NC1CC1)c1ccccc1Cl. The van der Waals surface area contributed by atoms with E-state index in [1.807, 2.05) is 32.2 Å². The minimum absolute atomic E-state index is 0.00644. The molecule has 1 aromatic carbocycles. The summed E-state index contributed by atoms with van der Waals surface area (Å²) >= 11 is 6.12. The van der Waals surface area contributed by atoms with Crippen molar-refractivity contribution in [1.82, 2.24) is 10.6 Å². The third kappa shape index (κ3) is 5.31. The van der Waals surface area contributed by atoms with Gasteiger partial charge in [0.2, 0.25) is 0 Å². The van der Waals surface area contributed by atoms with Gasteiger partial charge in [0.05, 0.1) is 13.1 Å². The fraction of sp³-hybridized carbons (Fsp3) is 0.500. The Labute approximate surface area is 136 Å². The second-order valence-corrected chi connectivity index (χ2v) is 6.37. The molecular weight excluding hydrogens is 302 g/mol. The van der Waals surface area contributed by atoms with E-state index in [-0.39, 0.29) is 24.4 Å². The van der Waals surface area contributed by atoms with Gasteiger partial charge in [0.25, 0.3) is 11.8 Å². The predicted molar refractivity (Wildman–Crippen MR) is 85.8 cm³/mol. The molecule has 1 aliphatic carbocycles. The lowest BCUT2D eigenvalue weighted by atomic mass is 10.1. The van der Waals surface area contributed by atoms with Gasteiger partial charge >= 0.3 is 0 Å². The van der Waals surface area contributed by atoms with Crippen LogP contribution in [0.25, 0.3) is 0 Å². The quantitative estimate of drug-likeness (QED) is 0.676. The first kappa shape index (κ1) is 16.8. The van der Waals surface area contributed by atoms with Crippen LogP contribution >= 0.6 is 11.6 Å². The summed E-state index contributed by atoms with van der Waals surface area (Å²) in [6, 6.07) is 7.65. The van der Waals surface area contributed by atoms with Gasteiger partial charge in [0, 0.05) is 11.1 Å². The maximum atomic E-state index is 12.1. The molecule has 0 aromatic heterocycles. The summed E-state index contributed by atoms with van der Waals surface area (Å²) in [6.45, 7) is 2.46. The molecule has 0 bridgehead atoms. The molecule has 0 radical (unpaired) electrons. The molecule has 1 aromatic rings. The van der Waals surface area contributed by atoms with Crippen molar-refractivity contribution in [1.29, 1.82) is 0 Å². The van der Waals surface area contributed by atoms with Crippen LogP contribution in [-0.2, 0) is 9.59 Å². The van der Waals surface area contributed by atoms with Gasteiger partial charge in [0.1, 0.15) is 0 Å². The molecule has 1 aliphatic rings. The Morgan fingerprint density at radius 3 is 2.55 bits per heavy atom. The number of carbonyl (C=O) groups is 2. The van der Waals surface area contributed by atoms with Gasteiger partial charge in [-0.2, -0.15) is 0 Å². The summed E-state index contributed by atoms with van der Waals surface area (Å²) in [5, 5.41) is 6.48. The first-order chi connectivity index (χ1) is 10.5. The Kier molecular flexibility index (Phi) is 5.80. The van der Waals surface area contributed by atoms with Crippen LogP contribution in [0.4, 0.5) is 0 Å². The van der Waals surface area contributed by atoms with Gasteiger partial charge in [-0.1, -0.05) is 29.8 Å². The van der Waals surface area contributed by atoms with E-state index in [1.165, 1.54) is 0 Å². The maximum absolute atomic E-state index is 12.1. The molecule has 0 saturated heterocycles. The van der Waals surface area contributed by atoms with Crippen molar-refractivity contribution < 1.29 is 14.5 Å². The summed E-state index contributed by atoms with van der Waals surface area (Å²) in [4.78, 5) is 24.6. The Morgan fingerprint density at radius 1 is 1.27 bits per heavy atom. The number of hydrogen-bond acceptors (Lipinski definition) is 2. The molecule has 2 atom stereocenters. The number of halogens is 1. The number of hydrogen-bond donors (Lipinski definition) is 3. The van der Waals surface area contributed by atoms with E-state index in [0.29, 0.717) is 17.6 Å². The van der Waals surface area contributed by atoms with Crippen molar-refractivity contribution in [2.75, 3.05) is 20.1 Å². The lowest BCUT2D eigenvalue weighted by molar-refractivity contribution is -0.862. The average Bonchev–Trinajstić information content (AvgIpc) is 3.22. The maximum Gasteiger partial charge on any atom is 0.275 e. The lowest BCUT2D eigenvalue weighted by Gasteiger charge is -2.18. The van der Waals surface area contributed by atoms with Gasteiger partial charge in [-0.25, -0.2) is 0 Å². The molecule has 3 N–H and O–H groups in total. The largest absolute Gasteiger partial charge is 0.348 e. The van der Waals surface area contributed by atoms with Crippen LogP contribution in [0.3, 0.4) is 0 Å². The first-order valence-corrected chi connectivity index (χ1v) is 7.98. The van der Waals surface area contributed by atoms with Gasteiger partial charge in [-0.05, 0) is 31.4 Å². The van der Waals surface area contributed by atoms with E-state index in [2.05, 4.69) is 10.6 Å². The summed E-state index contributed by atoms with van der Waals surface area (Å²) < 4.78 is 0. The van der Waals surface area contributed by atoms with E-state index in [9.17, 15) is 9.59 Å². The highest BCUT2D eigenvalue weighted by atomic mass is 35.5. The Hall–Kier alpha value is -1.59. The van der Waals surface area contributed by atoms with Crippen LogP contribution in [-0.4, -0.2) is 38.0 Å². The van der Waals surface area contributed by atoms with E-state index in [0.717, 1.165) is 23.3 Å². The highest BCUT2D eigenvalue weighted by molar-refractivity contribution is 6.31. The molecule has 120 valence electrons. The van der Waals surface area contributed by atoms with E-state index < -0.39 is 0 Å². The summed E-state index contributed by atoms with van der Waals surface area (Å²) in [5.41, 5.74) is 0.890. The second-order valence-electron chi connectivity index (χ2n) is 5.96. The van der Waals surface area contributed by atoms with Crippen LogP contribution in [0.15, 0.2) is 24.3 Å². The fourth-order valence-corrected chi connectivity index (χ4v) is 2.61.